The molecule has 1 N–H and O–H groups in total. The molecule has 1 saturated heterocycles. The molecule has 0 aromatic heterocycles. The first kappa shape index (κ1) is 23.8. The highest BCUT2D eigenvalue weighted by molar-refractivity contribution is 7.88. The number of hydrogen-bond donors (Lipinski definition) is 1. The predicted molar refractivity (Wildman–Crippen MR) is 100.0 cm³/mol. The van der Waals surface area contributed by atoms with Gasteiger partial charge in [-0.05, 0) is 51.3 Å². The van der Waals surface area contributed by atoms with Gasteiger partial charge in [-0.15, -0.1) is 0 Å². The second kappa shape index (κ2) is 8.70. The largest absolute Gasteiger partial charge is 0.534 e. The fourth-order valence-electron chi connectivity index (χ4n) is 2.72. The van der Waals surface area contributed by atoms with E-state index in [4.69, 9.17) is 4.74 Å². The van der Waals surface area contributed by atoms with Gasteiger partial charge in [-0.25, -0.2) is 4.79 Å². The normalized spacial score (nSPS) is 16.1. The average Bonchev–Trinajstić information content (AvgIpc) is 3.11. The van der Waals surface area contributed by atoms with E-state index in [1.165, 1.54) is 12.1 Å². The molecular formula is C18H23F3N2O6S. The molecule has 1 unspecified atom stereocenters. The Labute approximate surface area is 172 Å². The zero-order valence-electron chi connectivity index (χ0n) is 16.7. The molecule has 30 heavy (non-hydrogen) atoms. The molecule has 1 aliphatic rings. The minimum absolute atomic E-state index is 0.231. The summed E-state index contributed by atoms with van der Waals surface area (Å²) < 4.78 is 68.8. The summed E-state index contributed by atoms with van der Waals surface area (Å²) in [6.45, 7) is 5.97. The van der Waals surface area contributed by atoms with Gasteiger partial charge in [0.2, 0.25) is 5.91 Å². The summed E-state index contributed by atoms with van der Waals surface area (Å²) in [5.41, 5.74) is -6.15. The molecule has 0 radical (unpaired) electrons. The van der Waals surface area contributed by atoms with Crippen LogP contribution in [0.3, 0.4) is 0 Å². The Hall–Kier alpha value is -2.50. The summed E-state index contributed by atoms with van der Waals surface area (Å²) in [4.78, 5) is 26.6. The topological polar surface area (TPSA) is 102 Å². The third kappa shape index (κ3) is 6.25. The van der Waals surface area contributed by atoms with Crippen LogP contribution < -0.4 is 9.50 Å². The molecule has 1 atom stereocenters. The average molecular weight is 452 g/mol. The van der Waals surface area contributed by atoms with Crippen molar-refractivity contribution in [2.24, 2.45) is 0 Å². The summed E-state index contributed by atoms with van der Waals surface area (Å²) in [7, 11) is -5.82. The van der Waals surface area contributed by atoms with Crippen LogP contribution in [0.4, 0.5) is 18.0 Å². The van der Waals surface area contributed by atoms with Gasteiger partial charge < -0.3 is 19.1 Å². The van der Waals surface area contributed by atoms with Crippen molar-refractivity contribution in [2.75, 3.05) is 13.1 Å². The Morgan fingerprint density at radius 2 is 1.60 bits per heavy atom. The van der Waals surface area contributed by atoms with E-state index < -0.39 is 45.0 Å². The lowest BCUT2D eigenvalue weighted by molar-refractivity contribution is -0.132. The van der Waals surface area contributed by atoms with Crippen LogP contribution in [-0.4, -0.2) is 49.5 Å². The first-order chi connectivity index (χ1) is 13.7. The van der Waals surface area contributed by atoms with Crippen LogP contribution in [0, 0.1) is 0 Å². The number of ether oxygens (including phenoxy) is 1. The molecule has 8 nitrogen and oxygen atoms in total. The van der Waals surface area contributed by atoms with Crippen molar-refractivity contribution in [1.82, 2.24) is 10.2 Å². The first-order valence-corrected chi connectivity index (χ1v) is 10.5. The quantitative estimate of drug-likeness (QED) is 0.544. The molecule has 12 heteroatoms. The molecule has 1 aromatic carbocycles. The molecule has 1 aromatic rings. The van der Waals surface area contributed by atoms with Crippen LogP contribution >= 0.6 is 0 Å². The summed E-state index contributed by atoms with van der Waals surface area (Å²) in [6.07, 6.45) is 0.778. The maximum Gasteiger partial charge on any atom is 0.534 e. The van der Waals surface area contributed by atoms with Crippen molar-refractivity contribution in [3.63, 3.8) is 0 Å². The summed E-state index contributed by atoms with van der Waals surface area (Å²) >= 11 is 0. The van der Waals surface area contributed by atoms with Crippen molar-refractivity contribution in [1.29, 1.82) is 0 Å². The smallest absolute Gasteiger partial charge is 0.444 e. The number of rotatable bonds is 5. The van der Waals surface area contributed by atoms with Crippen molar-refractivity contribution >= 4 is 22.1 Å². The maximum absolute atomic E-state index is 12.9. The Bertz CT molecular complexity index is 873. The molecular weight excluding hydrogens is 429 g/mol. The monoisotopic (exact) mass is 452 g/mol. The molecule has 1 heterocycles. The minimum atomic E-state index is -5.82. The second-order valence-electron chi connectivity index (χ2n) is 7.66. The van der Waals surface area contributed by atoms with Crippen LogP contribution in [0.5, 0.6) is 5.75 Å². The lowest BCUT2D eigenvalue weighted by Crippen LogP contribution is -2.43. The number of likely N-dealkylation sites (tertiary alicyclic amines) is 1. The van der Waals surface area contributed by atoms with Crippen molar-refractivity contribution in [2.45, 2.75) is 50.8 Å². The van der Waals surface area contributed by atoms with E-state index in [9.17, 15) is 31.2 Å². The van der Waals surface area contributed by atoms with E-state index in [1.807, 2.05) is 0 Å². The number of carbonyl (C=O) groups excluding carboxylic acids is 2. The SMILES string of the molecule is CC(C)(C)OC(=O)NC(C(=O)N1CCCC1)c1ccc(OS(=O)(=O)C(F)(F)F)cc1. The Morgan fingerprint density at radius 3 is 2.07 bits per heavy atom. The summed E-state index contributed by atoms with van der Waals surface area (Å²) in [5, 5.41) is 2.47. The van der Waals surface area contributed by atoms with Gasteiger partial charge in [-0.1, -0.05) is 12.1 Å². The van der Waals surface area contributed by atoms with Gasteiger partial charge in [0.05, 0.1) is 0 Å². The highest BCUT2D eigenvalue weighted by Gasteiger charge is 2.48. The fraction of sp³-hybridized carbons (Fsp3) is 0.556. The number of benzene rings is 1. The van der Waals surface area contributed by atoms with Gasteiger partial charge in [0.15, 0.2) is 0 Å². The predicted octanol–water partition coefficient (Wildman–Crippen LogP) is 3.10. The third-order valence-electron chi connectivity index (χ3n) is 4.03. The van der Waals surface area contributed by atoms with Gasteiger partial charge in [-0.3, -0.25) is 4.79 Å². The number of amides is 2. The number of nitrogens with zero attached hydrogens (tertiary/aromatic N) is 1. The molecule has 0 aliphatic carbocycles. The van der Waals surface area contributed by atoms with Crippen molar-refractivity contribution in [3.05, 3.63) is 29.8 Å². The highest BCUT2D eigenvalue weighted by Crippen LogP contribution is 2.28. The number of halogens is 3. The standard InChI is InChI=1S/C18H23F3N2O6S/c1-17(2,3)28-16(25)22-14(15(24)23-10-4-5-11-23)12-6-8-13(9-7-12)29-30(26,27)18(19,20)21/h6-9,14H,4-5,10-11H2,1-3H3,(H,22,25). The molecule has 0 bridgehead atoms. The second-order valence-corrected chi connectivity index (χ2v) is 9.20. The van der Waals surface area contributed by atoms with E-state index in [0.29, 0.717) is 13.1 Å². The number of carbonyl (C=O) groups is 2. The third-order valence-corrected chi connectivity index (χ3v) is 5.01. The van der Waals surface area contributed by atoms with E-state index in [2.05, 4.69) is 9.50 Å². The zero-order chi connectivity index (χ0) is 22.7. The van der Waals surface area contributed by atoms with Crippen LogP contribution in [0.25, 0.3) is 0 Å². The van der Waals surface area contributed by atoms with Crippen LogP contribution in [0.15, 0.2) is 24.3 Å². The Morgan fingerprint density at radius 1 is 1.07 bits per heavy atom. The number of hydrogen-bond acceptors (Lipinski definition) is 6. The van der Waals surface area contributed by atoms with E-state index in [-0.39, 0.29) is 5.56 Å². The van der Waals surface area contributed by atoms with E-state index >= 15 is 0 Å². The number of alkyl carbamates (subject to hydrolysis) is 1. The van der Waals surface area contributed by atoms with Gasteiger partial charge in [0.25, 0.3) is 0 Å². The molecule has 1 aliphatic heterocycles. The van der Waals surface area contributed by atoms with E-state index in [0.717, 1.165) is 25.0 Å². The molecule has 2 rings (SSSR count). The van der Waals surface area contributed by atoms with E-state index in [1.54, 1.807) is 25.7 Å². The number of alkyl halides is 3. The van der Waals surface area contributed by atoms with Crippen LogP contribution in [-0.2, 0) is 19.6 Å². The summed E-state index contributed by atoms with van der Waals surface area (Å²) in [6, 6.07) is 3.19. The lowest BCUT2D eigenvalue weighted by atomic mass is 10.1. The molecule has 168 valence electrons. The zero-order valence-corrected chi connectivity index (χ0v) is 17.5. The molecule has 0 saturated carbocycles. The van der Waals surface area contributed by atoms with Crippen LogP contribution in [0.2, 0.25) is 0 Å². The van der Waals surface area contributed by atoms with Crippen molar-refractivity contribution < 1.29 is 40.1 Å². The number of nitrogens with one attached hydrogen (secondary N) is 1. The first-order valence-electron chi connectivity index (χ1n) is 9.09. The highest BCUT2D eigenvalue weighted by atomic mass is 32.2. The Balaban J connectivity index is 2.25. The Kier molecular flexibility index (Phi) is 6.90. The van der Waals surface area contributed by atoms with Gasteiger partial charge in [0.1, 0.15) is 17.4 Å². The van der Waals surface area contributed by atoms with Crippen molar-refractivity contribution in [3.8, 4) is 5.75 Å². The van der Waals surface area contributed by atoms with Crippen LogP contribution in [0.1, 0.15) is 45.2 Å². The van der Waals surface area contributed by atoms with Gasteiger partial charge in [0, 0.05) is 13.1 Å². The fourth-order valence-corrected chi connectivity index (χ4v) is 3.18. The summed E-state index contributed by atoms with van der Waals surface area (Å²) in [5.74, 6) is -0.990. The van der Waals surface area contributed by atoms with Gasteiger partial charge in [-0.2, -0.15) is 21.6 Å². The molecule has 2 amide bonds. The molecule has 0 spiro atoms. The molecule has 1 fully saturated rings. The lowest BCUT2D eigenvalue weighted by Gasteiger charge is -2.26. The van der Waals surface area contributed by atoms with Gasteiger partial charge >= 0.3 is 21.7 Å². The minimum Gasteiger partial charge on any atom is -0.444 e. The maximum atomic E-state index is 12.9.